The van der Waals surface area contributed by atoms with E-state index >= 15 is 4.39 Å². The van der Waals surface area contributed by atoms with Crippen LogP contribution in [0.1, 0.15) is 39.3 Å². The highest BCUT2D eigenvalue weighted by Gasteiger charge is 2.49. The van der Waals surface area contributed by atoms with Gasteiger partial charge in [-0.05, 0) is 37.5 Å². The van der Waals surface area contributed by atoms with Crippen LogP contribution in [0, 0.1) is 31.4 Å². The number of pyridine rings is 1. The Morgan fingerprint density at radius 2 is 2.09 bits per heavy atom. The lowest BCUT2D eigenvalue weighted by Crippen LogP contribution is -2.47. The number of ether oxygens (including phenoxy) is 1. The lowest BCUT2D eigenvalue weighted by Gasteiger charge is -2.45. The molecule has 0 saturated heterocycles. The number of hydrogen-bond acceptors (Lipinski definition) is 7. The smallest absolute Gasteiger partial charge is 0.216 e. The molecule has 33 heavy (non-hydrogen) atoms. The van der Waals surface area contributed by atoms with Crippen molar-refractivity contribution in [1.29, 1.82) is 0 Å². The molecule has 9 heteroatoms. The van der Waals surface area contributed by atoms with Crippen LogP contribution in [0.15, 0.2) is 33.9 Å². The molecular weight excluding hydrogens is 446 g/mol. The molecule has 2 aromatic heterocycles. The largest absolute Gasteiger partial charge is 0.481 e. The minimum atomic E-state index is -0.948. The number of nitrogens with zero attached hydrogens (tertiary/aromatic N) is 3. The topological polar surface area (TPSA) is 86.5 Å². The Hall–Kier alpha value is -2.94. The lowest BCUT2D eigenvalue weighted by molar-refractivity contribution is 0.261. The highest BCUT2D eigenvalue weighted by atomic mass is 32.2. The second-order valence-electron chi connectivity index (χ2n) is 8.62. The van der Waals surface area contributed by atoms with Crippen LogP contribution in [0.5, 0.6) is 5.88 Å². The van der Waals surface area contributed by atoms with E-state index in [1.54, 1.807) is 7.11 Å². The zero-order valence-electron chi connectivity index (χ0n) is 18.6. The van der Waals surface area contributed by atoms with E-state index in [4.69, 9.17) is 20.0 Å². The first kappa shape index (κ1) is 21.9. The molecule has 0 saturated carbocycles. The summed E-state index contributed by atoms with van der Waals surface area (Å²) >= 11 is 1.47. The van der Waals surface area contributed by atoms with Gasteiger partial charge in [-0.15, -0.1) is 0 Å². The fourth-order valence-electron chi connectivity index (χ4n) is 5.11. The molecule has 0 unspecified atom stereocenters. The monoisotopic (exact) mass is 470 g/mol. The molecule has 0 radical (unpaired) electrons. The number of rotatable bonds is 4. The van der Waals surface area contributed by atoms with E-state index in [1.165, 1.54) is 23.9 Å². The van der Waals surface area contributed by atoms with Crippen LogP contribution >= 0.6 is 11.8 Å². The van der Waals surface area contributed by atoms with E-state index in [1.807, 2.05) is 20.0 Å². The van der Waals surface area contributed by atoms with Gasteiger partial charge in [-0.3, -0.25) is 4.99 Å². The van der Waals surface area contributed by atoms with Gasteiger partial charge in [0.25, 0.3) is 0 Å². The molecule has 5 rings (SSSR count). The van der Waals surface area contributed by atoms with E-state index in [0.29, 0.717) is 41.6 Å². The van der Waals surface area contributed by atoms with E-state index in [0.717, 1.165) is 39.8 Å². The Labute approximate surface area is 194 Å². The number of benzene rings is 1. The van der Waals surface area contributed by atoms with Crippen LogP contribution in [0.25, 0.3) is 0 Å². The highest BCUT2D eigenvalue weighted by Crippen LogP contribution is 2.50. The average molecular weight is 471 g/mol. The molecule has 3 heterocycles. The number of methoxy groups -OCH3 is 1. The molecule has 1 aliphatic heterocycles. The van der Waals surface area contributed by atoms with Crippen molar-refractivity contribution in [3.05, 3.63) is 75.3 Å². The average Bonchev–Trinajstić information content (AvgIpc) is 3.09. The summed E-state index contributed by atoms with van der Waals surface area (Å²) in [7, 11) is 1.57. The fourth-order valence-corrected chi connectivity index (χ4v) is 6.11. The van der Waals surface area contributed by atoms with Gasteiger partial charge < -0.3 is 15.0 Å². The predicted octanol–water partition coefficient (Wildman–Crippen LogP) is 4.24. The Morgan fingerprint density at radius 1 is 1.27 bits per heavy atom. The van der Waals surface area contributed by atoms with Gasteiger partial charge in [0.2, 0.25) is 5.88 Å². The summed E-state index contributed by atoms with van der Waals surface area (Å²) in [5.41, 5.74) is 10.5. The SMILES string of the molecule is COc1ncc(Cc2c(C)noc2C)c2c1C[C@]1(c3ccc(F)cc3F)N=C(N)SC[C@@H]1C2. The minimum Gasteiger partial charge on any atom is -0.481 e. The highest BCUT2D eigenvalue weighted by molar-refractivity contribution is 8.13. The van der Waals surface area contributed by atoms with E-state index in [-0.39, 0.29) is 5.92 Å². The number of fused-ring (bicyclic) bond motifs is 2. The van der Waals surface area contributed by atoms with Crippen LogP contribution in [0.4, 0.5) is 8.78 Å². The summed E-state index contributed by atoms with van der Waals surface area (Å²) in [6.45, 7) is 3.82. The summed E-state index contributed by atoms with van der Waals surface area (Å²) in [5, 5.41) is 4.47. The van der Waals surface area contributed by atoms with Crippen molar-refractivity contribution in [1.82, 2.24) is 10.1 Å². The molecule has 6 nitrogen and oxygen atoms in total. The Morgan fingerprint density at radius 3 is 2.79 bits per heavy atom. The molecule has 2 aliphatic rings. The van der Waals surface area contributed by atoms with Gasteiger partial charge in [0.05, 0.1) is 18.3 Å². The second-order valence-corrected chi connectivity index (χ2v) is 9.66. The van der Waals surface area contributed by atoms with Gasteiger partial charge >= 0.3 is 0 Å². The fraction of sp³-hybridized carbons (Fsp3) is 0.375. The molecule has 3 aromatic rings. The predicted molar refractivity (Wildman–Crippen MR) is 123 cm³/mol. The Kier molecular flexibility index (Phi) is 5.39. The zero-order valence-corrected chi connectivity index (χ0v) is 19.4. The number of aliphatic imine (C=N–C) groups is 1. The maximum Gasteiger partial charge on any atom is 0.216 e. The second kappa shape index (κ2) is 8.13. The summed E-state index contributed by atoms with van der Waals surface area (Å²) in [4.78, 5) is 9.35. The van der Waals surface area contributed by atoms with Crippen molar-refractivity contribution < 1.29 is 18.0 Å². The molecule has 0 amide bonds. The van der Waals surface area contributed by atoms with Crippen molar-refractivity contribution in [3.8, 4) is 5.88 Å². The standard InChI is InChI=1S/C24H24F2N4O2S/c1-12-17(13(2)32-30-12)6-14-10-28-22(31-3)19-9-24(20-5-4-16(25)8-21(20)26)15(7-18(14)19)11-33-23(27)29-24/h4-5,8,10,15H,6-7,9,11H2,1-3H3,(H2,27,29)/t15-,24-/m0/s1. The van der Waals surface area contributed by atoms with Crippen molar-refractivity contribution in [3.63, 3.8) is 0 Å². The number of aromatic nitrogens is 2. The maximum absolute atomic E-state index is 15.1. The van der Waals surface area contributed by atoms with E-state index in [2.05, 4.69) is 10.1 Å². The molecule has 0 fully saturated rings. The van der Waals surface area contributed by atoms with Crippen LogP contribution < -0.4 is 10.5 Å². The minimum absolute atomic E-state index is 0.0298. The van der Waals surface area contributed by atoms with E-state index in [9.17, 15) is 4.39 Å². The number of halogens is 2. The van der Waals surface area contributed by atoms with Crippen molar-refractivity contribution in [2.75, 3.05) is 12.9 Å². The van der Waals surface area contributed by atoms with Gasteiger partial charge in [-0.1, -0.05) is 23.0 Å². The Balaban J connectivity index is 1.67. The molecule has 1 aliphatic carbocycles. The molecule has 172 valence electrons. The number of thioether (sulfide) groups is 1. The summed E-state index contributed by atoms with van der Waals surface area (Å²) in [6, 6.07) is 3.67. The van der Waals surface area contributed by atoms with E-state index < -0.39 is 17.2 Å². The Bertz CT molecular complexity index is 1260. The molecule has 0 spiro atoms. The number of hydrogen-bond donors (Lipinski definition) is 1. The number of aryl methyl sites for hydroxylation is 2. The molecule has 2 N–H and O–H groups in total. The third-order valence-electron chi connectivity index (χ3n) is 6.80. The molecule has 2 atom stereocenters. The van der Waals surface area contributed by atoms with Crippen LogP contribution in [0.3, 0.4) is 0 Å². The number of nitrogens with two attached hydrogens (primary N) is 1. The number of amidine groups is 1. The summed E-state index contributed by atoms with van der Waals surface area (Å²) in [5.74, 6) is 0.675. The normalized spacial score (nSPS) is 21.8. The van der Waals surface area contributed by atoms with Crippen LogP contribution in [-0.4, -0.2) is 28.2 Å². The molecule has 1 aromatic carbocycles. The van der Waals surface area contributed by atoms with Crippen LogP contribution in [0.2, 0.25) is 0 Å². The quantitative estimate of drug-likeness (QED) is 0.614. The third-order valence-corrected chi connectivity index (χ3v) is 7.76. The van der Waals surface area contributed by atoms with Crippen molar-refractivity contribution in [2.45, 2.75) is 38.6 Å². The third kappa shape index (κ3) is 3.58. The lowest BCUT2D eigenvalue weighted by atomic mass is 9.66. The van der Waals surface area contributed by atoms with Crippen LogP contribution in [-0.2, 0) is 24.8 Å². The van der Waals surface area contributed by atoms with Crippen molar-refractivity contribution >= 4 is 16.9 Å². The maximum atomic E-state index is 15.1. The first-order valence-electron chi connectivity index (χ1n) is 10.7. The van der Waals surface area contributed by atoms with Gasteiger partial charge in [0, 0.05) is 53.5 Å². The summed E-state index contributed by atoms with van der Waals surface area (Å²) in [6.07, 6.45) is 3.47. The van der Waals surface area contributed by atoms with Crippen molar-refractivity contribution in [2.24, 2.45) is 16.6 Å². The molecular formula is C24H24F2N4O2S. The van der Waals surface area contributed by atoms with Gasteiger partial charge in [0.1, 0.15) is 17.4 Å². The molecule has 0 bridgehead atoms. The summed E-state index contributed by atoms with van der Waals surface area (Å²) < 4.78 is 39.8. The van der Waals surface area contributed by atoms with Gasteiger partial charge in [-0.2, -0.15) is 0 Å². The van der Waals surface area contributed by atoms with Gasteiger partial charge in [-0.25, -0.2) is 13.8 Å². The first-order valence-corrected chi connectivity index (χ1v) is 11.7. The van der Waals surface area contributed by atoms with Gasteiger partial charge in [0.15, 0.2) is 5.17 Å². The first-order chi connectivity index (χ1) is 15.8. The zero-order chi connectivity index (χ0) is 23.3.